The van der Waals surface area contributed by atoms with Gasteiger partial charge in [-0.05, 0) is 26.3 Å². The average molecular weight is 145 g/mol. The lowest BCUT2D eigenvalue weighted by molar-refractivity contribution is 0.00477. The number of hydrogen-bond acceptors (Lipinski definition) is 3. The predicted molar refractivity (Wildman–Crippen MR) is 38.7 cm³/mol. The van der Waals surface area contributed by atoms with Gasteiger partial charge >= 0.3 is 0 Å². The molecule has 0 spiro atoms. The van der Waals surface area contributed by atoms with Gasteiger partial charge < -0.3 is 15.5 Å². The van der Waals surface area contributed by atoms with Crippen LogP contribution in [0.15, 0.2) is 0 Å². The van der Waals surface area contributed by atoms with E-state index in [1.165, 1.54) is 0 Å². The number of hydrogen-bond donors (Lipinski definition) is 3. The van der Waals surface area contributed by atoms with Crippen molar-refractivity contribution >= 4 is 0 Å². The van der Waals surface area contributed by atoms with E-state index in [-0.39, 0.29) is 18.2 Å². The van der Waals surface area contributed by atoms with Gasteiger partial charge in [0, 0.05) is 0 Å². The molecule has 1 saturated carbocycles. The third-order valence-electron chi connectivity index (χ3n) is 2.16. The molecule has 0 heterocycles. The van der Waals surface area contributed by atoms with Crippen molar-refractivity contribution < 1.29 is 10.2 Å². The monoisotopic (exact) mass is 145 g/mol. The molecule has 10 heavy (non-hydrogen) atoms. The van der Waals surface area contributed by atoms with E-state index in [1.807, 2.05) is 0 Å². The number of nitrogens with one attached hydrogen (secondary N) is 1. The van der Waals surface area contributed by atoms with Crippen LogP contribution in [0.1, 0.15) is 19.3 Å². The van der Waals surface area contributed by atoms with Crippen LogP contribution in [-0.4, -0.2) is 35.5 Å². The van der Waals surface area contributed by atoms with E-state index in [0.29, 0.717) is 0 Å². The van der Waals surface area contributed by atoms with Gasteiger partial charge in [-0.2, -0.15) is 0 Å². The van der Waals surface area contributed by atoms with Crippen LogP contribution in [0.4, 0.5) is 0 Å². The van der Waals surface area contributed by atoms with E-state index in [4.69, 9.17) is 0 Å². The topological polar surface area (TPSA) is 52.5 Å². The molecule has 1 unspecified atom stereocenters. The van der Waals surface area contributed by atoms with Crippen LogP contribution < -0.4 is 5.32 Å². The maximum atomic E-state index is 9.32. The first-order chi connectivity index (χ1) is 4.75. The molecule has 0 amide bonds. The van der Waals surface area contributed by atoms with E-state index in [9.17, 15) is 10.2 Å². The maximum absolute atomic E-state index is 9.32. The second-order valence-corrected chi connectivity index (χ2v) is 2.88. The lowest BCUT2D eigenvalue weighted by atomic mass is 9.90. The Morgan fingerprint density at radius 3 is 2.00 bits per heavy atom. The molecule has 0 aliphatic heterocycles. The standard InChI is InChI=1S/C7H15NO2/c1-8-7-5(9)3-2-4-6(7)10/h5-10H,2-4H2,1H3/t5-,6+,7?. The molecular weight excluding hydrogens is 130 g/mol. The second-order valence-electron chi connectivity index (χ2n) is 2.88. The summed E-state index contributed by atoms with van der Waals surface area (Å²) in [6.45, 7) is 0. The zero-order valence-electron chi connectivity index (χ0n) is 6.25. The third kappa shape index (κ3) is 1.48. The molecule has 3 N–H and O–H groups in total. The first-order valence-corrected chi connectivity index (χ1v) is 3.79. The Labute approximate surface area is 61.1 Å². The molecule has 0 bridgehead atoms. The minimum Gasteiger partial charge on any atom is -0.391 e. The van der Waals surface area contributed by atoms with Gasteiger partial charge in [0.2, 0.25) is 0 Å². The van der Waals surface area contributed by atoms with Crippen LogP contribution in [-0.2, 0) is 0 Å². The van der Waals surface area contributed by atoms with E-state index in [1.54, 1.807) is 7.05 Å². The van der Waals surface area contributed by atoms with Gasteiger partial charge in [-0.15, -0.1) is 0 Å². The molecule has 3 atom stereocenters. The zero-order chi connectivity index (χ0) is 7.56. The van der Waals surface area contributed by atoms with Gasteiger partial charge in [-0.3, -0.25) is 0 Å². The number of aliphatic hydroxyl groups is 2. The van der Waals surface area contributed by atoms with Crippen LogP contribution in [0.2, 0.25) is 0 Å². The van der Waals surface area contributed by atoms with Crippen molar-refractivity contribution in [2.75, 3.05) is 7.05 Å². The molecule has 0 aromatic carbocycles. The highest BCUT2D eigenvalue weighted by Crippen LogP contribution is 2.18. The van der Waals surface area contributed by atoms with E-state index < -0.39 is 0 Å². The number of aliphatic hydroxyl groups excluding tert-OH is 2. The van der Waals surface area contributed by atoms with E-state index >= 15 is 0 Å². The fourth-order valence-corrected chi connectivity index (χ4v) is 1.54. The van der Waals surface area contributed by atoms with Crippen molar-refractivity contribution in [1.82, 2.24) is 5.32 Å². The molecule has 1 aliphatic carbocycles. The summed E-state index contributed by atoms with van der Waals surface area (Å²) in [6.07, 6.45) is 1.81. The SMILES string of the molecule is CNC1[C@H](O)CCC[C@@H]1O. The minimum absolute atomic E-state index is 0.117. The van der Waals surface area contributed by atoms with Crippen LogP contribution >= 0.6 is 0 Å². The Bertz CT molecular complexity index is 97.8. The van der Waals surface area contributed by atoms with Crippen LogP contribution in [0, 0.1) is 0 Å². The minimum atomic E-state index is -0.367. The molecule has 0 saturated heterocycles. The van der Waals surface area contributed by atoms with Crippen molar-refractivity contribution in [3.63, 3.8) is 0 Å². The quantitative estimate of drug-likeness (QED) is 0.465. The first kappa shape index (κ1) is 7.98. The summed E-state index contributed by atoms with van der Waals surface area (Å²) in [5.74, 6) is 0. The Hall–Kier alpha value is -0.120. The van der Waals surface area contributed by atoms with Gasteiger partial charge in [0.15, 0.2) is 0 Å². The highest BCUT2D eigenvalue weighted by Gasteiger charge is 2.28. The molecular formula is C7H15NO2. The maximum Gasteiger partial charge on any atom is 0.0718 e. The van der Waals surface area contributed by atoms with Gasteiger partial charge in [0.25, 0.3) is 0 Å². The molecule has 1 aliphatic rings. The lowest BCUT2D eigenvalue weighted by Gasteiger charge is -2.31. The molecule has 3 heteroatoms. The van der Waals surface area contributed by atoms with Crippen molar-refractivity contribution in [3.05, 3.63) is 0 Å². The van der Waals surface area contributed by atoms with Crippen LogP contribution in [0.25, 0.3) is 0 Å². The molecule has 1 rings (SSSR count). The third-order valence-corrected chi connectivity index (χ3v) is 2.16. The average Bonchev–Trinajstić information content (AvgIpc) is 1.88. The van der Waals surface area contributed by atoms with E-state index in [2.05, 4.69) is 5.32 Å². The largest absolute Gasteiger partial charge is 0.391 e. The molecule has 0 radical (unpaired) electrons. The predicted octanol–water partition coefficient (Wildman–Crippen LogP) is -0.520. The van der Waals surface area contributed by atoms with Crippen LogP contribution in [0.3, 0.4) is 0 Å². The summed E-state index contributed by atoms with van der Waals surface area (Å²) in [4.78, 5) is 0. The number of likely N-dealkylation sites (N-methyl/N-ethyl adjacent to an activating group) is 1. The highest BCUT2D eigenvalue weighted by atomic mass is 16.3. The molecule has 60 valence electrons. The summed E-state index contributed by atoms with van der Waals surface area (Å²) < 4.78 is 0. The first-order valence-electron chi connectivity index (χ1n) is 3.79. The fraction of sp³-hybridized carbons (Fsp3) is 1.00. The molecule has 0 aromatic heterocycles. The zero-order valence-corrected chi connectivity index (χ0v) is 6.25. The normalized spacial score (nSPS) is 41.7. The Balaban J connectivity index is 2.45. The summed E-state index contributed by atoms with van der Waals surface area (Å²) >= 11 is 0. The highest BCUT2D eigenvalue weighted by molar-refractivity contribution is 4.85. The van der Waals surface area contributed by atoms with Crippen molar-refractivity contribution in [2.45, 2.75) is 37.5 Å². The summed E-state index contributed by atoms with van der Waals surface area (Å²) in [6, 6.07) is -0.117. The smallest absolute Gasteiger partial charge is 0.0718 e. The fourth-order valence-electron chi connectivity index (χ4n) is 1.54. The summed E-state index contributed by atoms with van der Waals surface area (Å²) in [7, 11) is 1.77. The van der Waals surface area contributed by atoms with Gasteiger partial charge in [-0.25, -0.2) is 0 Å². The van der Waals surface area contributed by atoms with Crippen molar-refractivity contribution in [1.29, 1.82) is 0 Å². The van der Waals surface area contributed by atoms with Crippen molar-refractivity contribution in [2.24, 2.45) is 0 Å². The Kier molecular flexibility index (Phi) is 2.65. The van der Waals surface area contributed by atoms with Gasteiger partial charge in [0.05, 0.1) is 18.2 Å². The molecule has 3 nitrogen and oxygen atoms in total. The molecule has 0 aromatic rings. The van der Waals surface area contributed by atoms with Crippen LogP contribution in [0.5, 0.6) is 0 Å². The summed E-state index contributed by atoms with van der Waals surface area (Å²) in [5, 5.41) is 21.5. The second kappa shape index (κ2) is 3.32. The van der Waals surface area contributed by atoms with E-state index in [0.717, 1.165) is 19.3 Å². The summed E-state index contributed by atoms with van der Waals surface area (Å²) in [5.41, 5.74) is 0. The number of rotatable bonds is 1. The van der Waals surface area contributed by atoms with Gasteiger partial charge in [-0.1, -0.05) is 0 Å². The Morgan fingerprint density at radius 1 is 1.20 bits per heavy atom. The van der Waals surface area contributed by atoms with Crippen molar-refractivity contribution in [3.8, 4) is 0 Å². The lowest BCUT2D eigenvalue weighted by Crippen LogP contribution is -2.49. The van der Waals surface area contributed by atoms with Gasteiger partial charge in [0.1, 0.15) is 0 Å². The Morgan fingerprint density at radius 2 is 1.70 bits per heavy atom. The molecule has 1 fully saturated rings.